The zero-order valence-corrected chi connectivity index (χ0v) is 22.6. The summed E-state index contributed by atoms with van der Waals surface area (Å²) in [6.45, 7) is 5.24. The van der Waals surface area contributed by atoms with Crippen LogP contribution in [0.5, 0.6) is 5.88 Å². The zero-order valence-electron chi connectivity index (χ0n) is 21.8. The number of halogens is 3. The Labute approximate surface area is 233 Å². The molecule has 0 atom stereocenters. The van der Waals surface area contributed by atoms with E-state index < -0.39 is 11.7 Å². The average Bonchev–Trinajstić information content (AvgIpc) is 2.89. The summed E-state index contributed by atoms with van der Waals surface area (Å²) in [7, 11) is 0. The van der Waals surface area contributed by atoms with Crippen LogP contribution in [0.15, 0.2) is 71.2 Å². The topological polar surface area (TPSA) is 106 Å². The summed E-state index contributed by atoms with van der Waals surface area (Å²) in [6, 6.07) is 4.57. The van der Waals surface area contributed by atoms with Gasteiger partial charge in [0, 0.05) is 25.0 Å². The quantitative estimate of drug-likeness (QED) is 0.405. The highest BCUT2D eigenvalue weighted by atomic mass is 32.2. The van der Waals surface area contributed by atoms with Crippen molar-refractivity contribution >= 4 is 34.4 Å². The summed E-state index contributed by atoms with van der Waals surface area (Å²) in [4.78, 5) is 36.9. The Morgan fingerprint density at radius 2 is 1.90 bits per heavy atom. The summed E-state index contributed by atoms with van der Waals surface area (Å²) >= 11 is 1.19. The predicted molar refractivity (Wildman–Crippen MR) is 148 cm³/mol. The van der Waals surface area contributed by atoms with Gasteiger partial charge in [0.15, 0.2) is 10.9 Å². The molecule has 1 aromatic carbocycles. The molecule has 4 rings (SSSR count). The van der Waals surface area contributed by atoms with Crippen molar-refractivity contribution in [3.8, 4) is 17.1 Å². The SMILES string of the molecule is C=C1N=C(NC(C)=O)S/C=C\C=C/1Oc1cc(-c2ccc(C(F)(F)F)cc2NC(=O)CC2CCCCC2)ncn1. The second-order valence-electron chi connectivity index (χ2n) is 9.38. The Morgan fingerprint density at radius 1 is 1.12 bits per heavy atom. The van der Waals surface area contributed by atoms with Gasteiger partial charge in [-0.05, 0) is 42.4 Å². The number of thioether (sulfide) groups is 1. The monoisotopic (exact) mass is 571 g/mol. The Morgan fingerprint density at radius 3 is 2.62 bits per heavy atom. The second kappa shape index (κ2) is 12.9. The molecule has 0 unspecified atom stereocenters. The molecule has 2 heterocycles. The fraction of sp³-hybridized carbons (Fsp3) is 0.321. The van der Waals surface area contributed by atoms with Gasteiger partial charge < -0.3 is 15.4 Å². The summed E-state index contributed by atoms with van der Waals surface area (Å²) < 4.78 is 46.4. The van der Waals surface area contributed by atoms with Gasteiger partial charge in [-0.15, -0.1) is 0 Å². The van der Waals surface area contributed by atoms with Crippen LogP contribution >= 0.6 is 11.8 Å². The van der Waals surface area contributed by atoms with Crippen molar-refractivity contribution in [3.05, 3.63) is 71.8 Å². The number of allylic oxidation sites excluding steroid dienone is 2. The van der Waals surface area contributed by atoms with Gasteiger partial charge in [-0.3, -0.25) is 9.59 Å². The minimum Gasteiger partial charge on any atom is -0.437 e. The zero-order chi connectivity index (χ0) is 28.7. The minimum absolute atomic E-state index is 0.000583. The van der Waals surface area contributed by atoms with Gasteiger partial charge in [-0.25, -0.2) is 15.0 Å². The lowest BCUT2D eigenvalue weighted by atomic mass is 9.87. The highest BCUT2D eigenvalue weighted by Gasteiger charge is 2.31. The van der Waals surface area contributed by atoms with Crippen LogP contribution in [-0.2, 0) is 15.8 Å². The van der Waals surface area contributed by atoms with E-state index in [0.29, 0.717) is 5.17 Å². The van der Waals surface area contributed by atoms with Crippen LogP contribution in [0.2, 0.25) is 0 Å². The van der Waals surface area contributed by atoms with Crippen molar-refractivity contribution < 1.29 is 27.5 Å². The number of nitrogens with one attached hydrogen (secondary N) is 2. The van der Waals surface area contributed by atoms with Crippen LogP contribution in [0.25, 0.3) is 11.3 Å². The van der Waals surface area contributed by atoms with Crippen molar-refractivity contribution in [2.75, 3.05) is 5.32 Å². The van der Waals surface area contributed by atoms with Crippen molar-refractivity contribution in [2.24, 2.45) is 10.9 Å². The van der Waals surface area contributed by atoms with E-state index in [-0.39, 0.29) is 58.4 Å². The van der Waals surface area contributed by atoms with Crippen LogP contribution in [0, 0.1) is 5.92 Å². The number of aromatic nitrogens is 2. The maximum atomic E-state index is 13.5. The van der Waals surface area contributed by atoms with Crippen LogP contribution in [0.4, 0.5) is 18.9 Å². The number of aliphatic imine (C=N–C) groups is 1. The van der Waals surface area contributed by atoms with E-state index in [0.717, 1.165) is 44.2 Å². The molecule has 0 radical (unpaired) electrons. The molecule has 8 nitrogen and oxygen atoms in total. The van der Waals surface area contributed by atoms with Crippen LogP contribution in [-0.4, -0.2) is 26.9 Å². The largest absolute Gasteiger partial charge is 0.437 e. The molecule has 0 spiro atoms. The third-order valence-electron chi connectivity index (χ3n) is 6.26. The number of ether oxygens (including phenoxy) is 1. The molecule has 2 aromatic rings. The maximum absolute atomic E-state index is 13.5. The Balaban J connectivity index is 1.60. The number of benzene rings is 1. The number of anilines is 1. The van der Waals surface area contributed by atoms with Crippen molar-refractivity contribution in [2.45, 2.75) is 51.6 Å². The third kappa shape index (κ3) is 8.04. The van der Waals surface area contributed by atoms with E-state index in [2.05, 4.69) is 32.2 Å². The standard InChI is InChI=1S/C28H28F3N5O3S/c1-17-24(9-6-12-40-27(34-17)35-18(2)37)39-26-15-22(32-16-33-26)21-11-10-20(28(29,30)31)14-23(21)36-25(38)13-19-7-4-3-5-8-19/h6,9-12,14-16,19H,1,3-5,7-8,13H2,2H3,(H,36,38)(H,34,35,37)/b12-6-,24-9+. The van der Waals surface area contributed by atoms with Crippen molar-refractivity contribution in [1.82, 2.24) is 15.3 Å². The molecule has 1 aliphatic carbocycles. The van der Waals surface area contributed by atoms with Crippen molar-refractivity contribution in [1.29, 1.82) is 0 Å². The number of hydrogen-bond acceptors (Lipinski definition) is 7. The minimum atomic E-state index is -4.59. The molecule has 1 aromatic heterocycles. The molecule has 1 saturated carbocycles. The molecule has 1 fully saturated rings. The molecule has 12 heteroatoms. The van der Waals surface area contributed by atoms with Crippen LogP contribution in [0.1, 0.15) is 51.0 Å². The van der Waals surface area contributed by atoms with Crippen molar-refractivity contribution in [3.63, 3.8) is 0 Å². The highest BCUT2D eigenvalue weighted by molar-refractivity contribution is 8.16. The number of nitrogens with zero attached hydrogens (tertiary/aromatic N) is 3. The molecule has 0 saturated heterocycles. The number of carbonyl (C=O) groups excluding carboxylic acids is 2. The lowest BCUT2D eigenvalue weighted by molar-refractivity contribution is -0.137. The van der Waals surface area contributed by atoms with E-state index >= 15 is 0 Å². The average molecular weight is 572 g/mol. The number of rotatable bonds is 6. The molecule has 0 bridgehead atoms. The first-order valence-corrected chi connectivity index (χ1v) is 13.6. The van der Waals surface area contributed by atoms with Gasteiger partial charge in [0.1, 0.15) is 12.0 Å². The molecule has 2 aliphatic rings. The Bertz CT molecular complexity index is 1380. The second-order valence-corrected chi connectivity index (χ2v) is 10.3. The molecule has 40 heavy (non-hydrogen) atoms. The van der Waals surface area contributed by atoms with E-state index in [1.807, 2.05) is 0 Å². The first-order chi connectivity index (χ1) is 19.1. The van der Waals surface area contributed by atoms with E-state index in [9.17, 15) is 22.8 Å². The first kappa shape index (κ1) is 29.1. The number of carbonyl (C=O) groups is 2. The summed E-state index contributed by atoms with van der Waals surface area (Å²) in [5, 5.41) is 7.28. The van der Waals surface area contributed by atoms with Gasteiger partial charge in [0.2, 0.25) is 17.7 Å². The lowest BCUT2D eigenvalue weighted by Crippen LogP contribution is -2.25. The van der Waals surface area contributed by atoms with E-state index in [1.165, 1.54) is 37.1 Å². The summed E-state index contributed by atoms with van der Waals surface area (Å²) in [5.41, 5.74) is -0.143. The van der Waals surface area contributed by atoms with Gasteiger partial charge in [0.05, 0.1) is 16.9 Å². The predicted octanol–water partition coefficient (Wildman–Crippen LogP) is 6.60. The van der Waals surface area contributed by atoms with Gasteiger partial charge in [-0.2, -0.15) is 13.2 Å². The van der Waals surface area contributed by atoms with E-state index in [1.54, 1.807) is 17.6 Å². The molecular weight excluding hydrogens is 543 g/mol. The van der Waals surface area contributed by atoms with E-state index in [4.69, 9.17) is 4.74 Å². The number of alkyl halides is 3. The lowest BCUT2D eigenvalue weighted by Gasteiger charge is -2.21. The number of hydrogen-bond donors (Lipinski definition) is 2. The van der Waals surface area contributed by atoms with Crippen LogP contribution in [0.3, 0.4) is 0 Å². The van der Waals surface area contributed by atoms with Gasteiger partial charge in [0.25, 0.3) is 0 Å². The Hall–Kier alpha value is -3.93. The number of amidine groups is 1. The third-order valence-corrected chi connectivity index (χ3v) is 6.97. The molecule has 1 aliphatic heterocycles. The first-order valence-electron chi connectivity index (χ1n) is 12.7. The fourth-order valence-electron chi connectivity index (χ4n) is 4.39. The van der Waals surface area contributed by atoms with Crippen LogP contribution < -0.4 is 15.4 Å². The number of amides is 2. The molecule has 2 amide bonds. The Kier molecular flexibility index (Phi) is 9.41. The van der Waals surface area contributed by atoms with Gasteiger partial charge >= 0.3 is 6.18 Å². The maximum Gasteiger partial charge on any atom is 0.416 e. The molecular formula is C28H28F3N5O3S. The smallest absolute Gasteiger partial charge is 0.416 e. The fourth-order valence-corrected chi connectivity index (χ4v) is 5.04. The molecule has 210 valence electrons. The summed E-state index contributed by atoms with van der Waals surface area (Å²) in [5.74, 6) is -0.106. The highest BCUT2D eigenvalue weighted by Crippen LogP contribution is 2.36. The van der Waals surface area contributed by atoms with Gasteiger partial charge in [-0.1, -0.05) is 49.7 Å². The normalized spacial score (nSPS) is 18.4. The summed E-state index contributed by atoms with van der Waals surface area (Å²) in [6.07, 6.45) is 5.25. The molecule has 2 N–H and O–H groups in total.